The van der Waals surface area contributed by atoms with Crippen molar-refractivity contribution in [1.82, 2.24) is 10.6 Å². The normalized spacial score (nSPS) is 20.3. The van der Waals surface area contributed by atoms with Crippen molar-refractivity contribution in [2.75, 3.05) is 25.0 Å². The molecule has 1 aliphatic rings. The Morgan fingerprint density at radius 1 is 1.31 bits per heavy atom. The van der Waals surface area contributed by atoms with E-state index in [0.29, 0.717) is 30.6 Å². The summed E-state index contributed by atoms with van der Waals surface area (Å²) in [7, 11) is 0. The largest absolute Gasteiger partial charge is 0.492 e. The number of aliphatic imine (C=N–C) groups is 1. The minimum absolute atomic E-state index is 0.108. The minimum Gasteiger partial charge on any atom is -0.492 e. The molecule has 0 saturated heterocycles. The highest BCUT2D eigenvalue weighted by Gasteiger charge is 2.19. The zero-order valence-corrected chi connectivity index (χ0v) is 15.6. The van der Waals surface area contributed by atoms with E-state index in [1.165, 1.54) is 6.92 Å². The standard InChI is InChI=1S/C19H30N4O3/c1-3-20-19(23-15-7-9-17(25)10-8-15)21-11-12-26-18-6-4-5-16(13-18)22-14(2)24/h4-6,13,15,17,25H,3,7-12H2,1-2H3,(H,22,24)(H2,20,21,23). The number of hydrogen-bond acceptors (Lipinski definition) is 4. The van der Waals surface area contributed by atoms with E-state index in [1.807, 2.05) is 25.1 Å². The number of hydrogen-bond donors (Lipinski definition) is 4. The number of aliphatic hydroxyl groups is 1. The number of nitrogens with one attached hydrogen (secondary N) is 3. The van der Waals surface area contributed by atoms with Crippen LogP contribution in [0.15, 0.2) is 29.3 Å². The molecule has 1 aromatic rings. The summed E-state index contributed by atoms with van der Waals surface area (Å²) in [6.07, 6.45) is 3.43. The molecule has 7 nitrogen and oxygen atoms in total. The van der Waals surface area contributed by atoms with E-state index in [2.05, 4.69) is 20.9 Å². The van der Waals surface area contributed by atoms with Gasteiger partial charge in [0.15, 0.2) is 5.96 Å². The highest BCUT2D eigenvalue weighted by molar-refractivity contribution is 5.88. The summed E-state index contributed by atoms with van der Waals surface area (Å²) < 4.78 is 5.71. The Labute approximate surface area is 155 Å². The lowest BCUT2D eigenvalue weighted by Crippen LogP contribution is -2.45. The van der Waals surface area contributed by atoms with Gasteiger partial charge in [0.25, 0.3) is 0 Å². The van der Waals surface area contributed by atoms with Gasteiger partial charge in [-0.15, -0.1) is 0 Å². The second-order valence-corrected chi connectivity index (χ2v) is 6.47. The lowest BCUT2D eigenvalue weighted by Gasteiger charge is -2.27. The molecule has 4 N–H and O–H groups in total. The van der Waals surface area contributed by atoms with E-state index in [1.54, 1.807) is 6.07 Å². The number of aliphatic hydroxyl groups excluding tert-OH is 1. The molecule has 0 heterocycles. The highest BCUT2D eigenvalue weighted by atomic mass is 16.5. The molecule has 1 aliphatic carbocycles. The Hall–Kier alpha value is -2.28. The zero-order valence-electron chi connectivity index (χ0n) is 15.6. The second kappa shape index (κ2) is 10.7. The van der Waals surface area contributed by atoms with Crippen molar-refractivity contribution in [3.8, 4) is 5.75 Å². The van der Waals surface area contributed by atoms with Crippen LogP contribution in [-0.2, 0) is 4.79 Å². The Balaban J connectivity index is 1.79. The quantitative estimate of drug-likeness (QED) is 0.337. The van der Waals surface area contributed by atoms with Crippen LogP contribution >= 0.6 is 0 Å². The number of carbonyl (C=O) groups is 1. The van der Waals surface area contributed by atoms with Crippen LogP contribution in [0.25, 0.3) is 0 Å². The summed E-state index contributed by atoms with van der Waals surface area (Å²) in [6, 6.07) is 7.66. The topological polar surface area (TPSA) is 95.0 Å². The molecule has 0 aliphatic heterocycles. The van der Waals surface area contributed by atoms with Gasteiger partial charge in [-0.1, -0.05) is 6.07 Å². The highest BCUT2D eigenvalue weighted by Crippen LogP contribution is 2.18. The molecule has 0 aromatic heterocycles. The predicted octanol–water partition coefficient (Wildman–Crippen LogP) is 1.88. The monoisotopic (exact) mass is 362 g/mol. The van der Waals surface area contributed by atoms with Crippen molar-refractivity contribution < 1.29 is 14.6 Å². The number of carbonyl (C=O) groups excluding carboxylic acids is 1. The molecule has 0 bridgehead atoms. The molecule has 26 heavy (non-hydrogen) atoms. The predicted molar refractivity (Wildman–Crippen MR) is 104 cm³/mol. The number of ether oxygens (including phenoxy) is 1. The minimum atomic E-state index is -0.158. The van der Waals surface area contributed by atoms with Crippen LogP contribution in [0.2, 0.25) is 0 Å². The van der Waals surface area contributed by atoms with Gasteiger partial charge in [-0.2, -0.15) is 0 Å². The average Bonchev–Trinajstić information content (AvgIpc) is 2.60. The van der Waals surface area contributed by atoms with E-state index in [9.17, 15) is 9.90 Å². The number of nitrogens with zero attached hydrogens (tertiary/aromatic N) is 1. The fraction of sp³-hybridized carbons (Fsp3) is 0.579. The van der Waals surface area contributed by atoms with Crippen molar-refractivity contribution in [3.63, 3.8) is 0 Å². The first kappa shape index (κ1) is 20.0. The SMILES string of the molecule is CCNC(=NCCOc1cccc(NC(C)=O)c1)NC1CCC(O)CC1. The Morgan fingerprint density at radius 2 is 2.08 bits per heavy atom. The first-order valence-electron chi connectivity index (χ1n) is 9.30. The van der Waals surface area contributed by atoms with Crippen molar-refractivity contribution in [2.45, 2.75) is 51.7 Å². The van der Waals surface area contributed by atoms with Gasteiger partial charge in [0.2, 0.25) is 5.91 Å². The number of guanidine groups is 1. The molecule has 144 valence electrons. The molecular weight excluding hydrogens is 332 g/mol. The summed E-state index contributed by atoms with van der Waals surface area (Å²) in [4.78, 5) is 15.7. The van der Waals surface area contributed by atoms with Crippen LogP contribution in [0.1, 0.15) is 39.5 Å². The van der Waals surface area contributed by atoms with E-state index in [4.69, 9.17) is 4.74 Å². The van der Waals surface area contributed by atoms with Crippen LogP contribution in [-0.4, -0.2) is 48.8 Å². The fourth-order valence-corrected chi connectivity index (χ4v) is 2.92. The molecule has 0 spiro atoms. The Bertz CT molecular complexity index is 598. The third kappa shape index (κ3) is 7.31. The van der Waals surface area contributed by atoms with Gasteiger partial charge in [0.05, 0.1) is 12.6 Å². The molecular formula is C19H30N4O3. The van der Waals surface area contributed by atoms with Gasteiger partial charge in [-0.05, 0) is 44.7 Å². The molecule has 0 unspecified atom stereocenters. The summed E-state index contributed by atoms with van der Waals surface area (Å²) in [5.74, 6) is 1.37. The fourth-order valence-electron chi connectivity index (χ4n) is 2.92. The van der Waals surface area contributed by atoms with Crippen LogP contribution in [0.5, 0.6) is 5.75 Å². The molecule has 2 rings (SSSR count). The van der Waals surface area contributed by atoms with Crippen LogP contribution in [0.4, 0.5) is 5.69 Å². The summed E-state index contributed by atoms with van der Waals surface area (Å²) >= 11 is 0. The van der Waals surface area contributed by atoms with Crippen molar-refractivity contribution in [2.24, 2.45) is 4.99 Å². The van der Waals surface area contributed by atoms with Gasteiger partial charge >= 0.3 is 0 Å². The van der Waals surface area contributed by atoms with Gasteiger partial charge in [0, 0.05) is 31.3 Å². The van der Waals surface area contributed by atoms with Crippen LogP contribution in [0, 0.1) is 0 Å². The van der Waals surface area contributed by atoms with Gasteiger partial charge < -0.3 is 25.8 Å². The molecule has 1 fully saturated rings. The molecule has 1 saturated carbocycles. The van der Waals surface area contributed by atoms with Crippen LogP contribution in [0.3, 0.4) is 0 Å². The van der Waals surface area contributed by atoms with E-state index in [-0.39, 0.29) is 12.0 Å². The lowest BCUT2D eigenvalue weighted by atomic mass is 9.93. The lowest BCUT2D eigenvalue weighted by molar-refractivity contribution is -0.114. The summed E-state index contributed by atoms with van der Waals surface area (Å²) in [6.45, 7) is 5.27. The molecule has 0 radical (unpaired) electrons. The van der Waals surface area contributed by atoms with E-state index in [0.717, 1.165) is 38.2 Å². The zero-order chi connectivity index (χ0) is 18.8. The Kier molecular flexibility index (Phi) is 8.21. The van der Waals surface area contributed by atoms with E-state index < -0.39 is 0 Å². The summed E-state index contributed by atoms with van der Waals surface area (Å²) in [5, 5.41) is 19.0. The molecule has 1 aromatic carbocycles. The third-order valence-electron chi connectivity index (χ3n) is 4.17. The van der Waals surface area contributed by atoms with Crippen LogP contribution < -0.4 is 20.7 Å². The van der Waals surface area contributed by atoms with Crippen molar-refractivity contribution >= 4 is 17.6 Å². The smallest absolute Gasteiger partial charge is 0.221 e. The number of rotatable bonds is 7. The van der Waals surface area contributed by atoms with Gasteiger partial charge in [-0.3, -0.25) is 4.79 Å². The first-order valence-corrected chi connectivity index (χ1v) is 9.30. The Morgan fingerprint density at radius 3 is 2.77 bits per heavy atom. The van der Waals surface area contributed by atoms with Gasteiger partial charge in [-0.25, -0.2) is 4.99 Å². The first-order chi connectivity index (χ1) is 12.6. The third-order valence-corrected chi connectivity index (χ3v) is 4.17. The maximum Gasteiger partial charge on any atom is 0.221 e. The average molecular weight is 362 g/mol. The number of benzene rings is 1. The number of anilines is 1. The van der Waals surface area contributed by atoms with Crippen molar-refractivity contribution in [1.29, 1.82) is 0 Å². The van der Waals surface area contributed by atoms with E-state index >= 15 is 0 Å². The maximum atomic E-state index is 11.1. The molecule has 0 atom stereocenters. The molecule has 7 heteroatoms. The van der Waals surface area contributed by atoms with Gasteiger partial charge in [0.1, 0.15) is 12.4 Å². The van der Waals surface area contributed by atoms with Crippen molar-refractivity contribution in [3.05, 3.63) is 24.3 Å². The maximum absolute atomic E-state index is 11.1. The number of amides is 1. The summed E-state index contributed by atoms with van der Waals surface area (Å²) in [5.41, 5.74) is 0.716. The second-order valence-electron chi connectivity index (χ2n) is 6.47. The molecule has 1 amide bonds.